The Morgan fingerprint density at radius 1 is 1.07 bits per heavy atom. The molecule has 0 aliphatic rings. The van der Waals surface area contributed by atoms with Crippen LogP contribution in [0.1, 0.15) is 28.9 Å². The number of benzene rings is 2. The van der Waals surface area contributed by atoms with Gasteiger partial charge in [0.25, 0.3) is 11.8 Å². The summed E-state index contributed by atoms with van der Waals surface area (Å²) in [6.07, 6.45) is -1.21. The number of esters is 1. The first-order chi connectivity index (χ1) is 13.8. The van der Waals surface area contributed by atoms with Crippen molar-refractivity contribution in [1.29, 1.82) is 0 Å². The molecule has 1 heterocycles. The van der Waals surface area contributed by atoms with E-state index in [0.717, 1.165) is 10.4 Å². The molecule has 5 N–H and O–H groups in total. The van der Waals surface area contributed by atoms with Gasteiger partial charge in [-0.1, -0.05) is 24.3 Å². The summed E-state index contributed by atoms with van der Waals surface area (Å²) in [7, 11) is 0. The van der Waals surface area contributed by atoms with Crippen LogP contribution >= 0.6 is 11.3 Å². The van der Waals surface area contributed by atoms with Crippen LogP contribution < -0.4 is 16.8 Å². The molecular formula is C21H19N3O4S. The number of nitrogens with two attached hydrogens (primary N) is 2. The minimum absolute atomic E-state index is 0.348. The first-order valence-corrected chi connectivity index (χ1v) is 9.54. The summed E-state index contributed by atoms with van der Waals surface area (Å²) < 4.78 is 4.93. The Morgan fingerprint density at radius 3 is 2.38 bits per heavy atom. The van der Waals surface area contributed by atoms with Gasteiger partial charge in [-0.25, -0.2) is 0 Å². The van der Waals surface area contributed by atoms with Gasteiger partial charge in [-0.15, -0.1) is 11.3 Å². The topological polar surface area (TPSA) is 125 Å². The maximum Gasteiger partial charge on any atom is 0.303 e. The van der Waals surface area contributed by atoms with Gasteiger partial charge in [0, 0.05) is 22.9 Å². The highest BCUT2D eigenvalue weighted by molar-refractivity contribution is 7.13. The Balaban J connectivity index is 1.78. The minimum Gasteiger partial charge on any atom is -0.447 e. The van der Waals surface area contributed by atoms with Crippen LogP contribution in [-0.2, 0) is 14.3 Å². The van der Waals surface area contributed by atoms with Crippen molar-refractivity contribution in [1.82, 2.24) is 0 Å². The summed E-state index contributed by atoms with van der Waals surface area (Å²) >= 11 is 1.59. The molecule has 3 aromatic rings. The Bertz CT molecular complexity index is 1050. The quantitative estimate of drug-likeness (QED) is 0.425. The number of primary amides is 1. The van der Waals surface area contributed by atoms with E-state index in [-0.39, 0.29) is 5.91 Å². The van der Waals surface area contributed by atoms with Crippen molar-refractivity contribution in [3.8, 4) is 10.4 Å². The SMILES string of the molecule is CC(=O)OC(C(N)=O)c1ccc(C(=O)Nc2cc(-c3cccs3)ccc2N)cc1. The van der Waals surface area contributed by atoms with E-state index >= 15 is 0 Å². The van der Waals surface area contributed by atoms with Gasteiger partial charge >= 0.3 is 5.97 Å². The Morgan fingerprint density at radius 2 is 1.79 bits per heavy atom. The van der Waals surface area contributed by atoms with Crippen LogP contribution in [0.5, 0.6) is 0 Å². The fourth-order valence-corrected chi connectivity index (χ4v) is 3.44. The number of carbonyl (C=O) groups is 3. The van der Waals surface area contributed by atoms with Gasteiger partial charge in [0.05, 0.1) is 11.4 Å². The second-order valence-corrected chi connectivity index (χ2v) is 7.19. The molecule has 0 saturated carbocycles. The van der Waals surface area contributed by atoms with Crippen LogP contribution in [-0.4, -0.2) is 17.8 Å². The van der Waals surface area contributed by atoms with Crippen molar-refractivity contribution in [3.05, 3.63) is 71.1 Å². The number of amides is 2. The summed E-state index contributed by atoms with van der Waals surface area (Å²) in [4.78, 5) is 36.3. The van der Waals surface area contributed by atoms with Gasteiger partial charge in [-0.3, -0.25) is 14.4 Å². The number of anilines is 2. The summed E-state index contributed by atoms with van der Waals surface area (Å²) in [6.45, 7) is 1.19. The molecule has 0 saturated heterocycles. The van der Waals surface area contributed by atoms with Gasteiger partial charge in [0.1, 0.15) is 0 Å². The van der Waals surface area contributed by atoms with Gasteiger partial charge in [0.15, 0.2) is 0 Å². The summed E-state index contributed by atoms with van der Waals surface area (Å²) in [5, 5.41) is 4.77. The maximum absolute atomic E-state index is 12.6. The van der Waals surface area contributed by atoms with Crippen molar-refractivity contribution in [2.24, 2.45) is 5.73 Å². The lowest BCUT2D eigenvalue weighted by Crippen LogP contribution is -2.25. The van der Waals surface area contributed by atoms with Crippen molar-refractivity contribution < 1.29 is 19.1 Å². The van der Waals surface area contributed by atoms with Crippen LogP contribution in [0, 0.1) is 0 Å². The van der Waals surface area contributed by atoms with Crippen molar-refractivity contribution in [2.45, 2.75) is 13.0 Å². The normalized spacial score (nSPS) is 11.5. The highest BCUT2D eigenvalue weighted by Gasteiger charge is 2.21. The molecule has 148 valence electrons. The number of thiophene rings is 1. The number of carbonyl (C=O) groups excluding carboxylic acids is 3. The number of rotatable bonds is 6. The Kier molecular flexibility index (Phi) is 5.94. The Labute approximate surface area is 171 Å². The molecule has 7 nitrogen and oxygen atoms in total. The van der Waals surface area contributed by atoms with Crippen molar-refractivity contribution in [2.75, 3.05) is 11.1 Å². The zero-order valence-electron chi connectivity index (χ0n) is 15.5. The maximum atomic E-state index is 12.6. The second kappa shape index (κ2) is 8.57. The summed E-state index contributed by atoms with van der Waals surface area (Å²) in [5.74, 6) is -1.79. The first-order valence-electron chi connectivity index (χ1n) is 8.66. The van der Waals surface area contributed by atoms with Gasteiger partial charge < -0.3 is 21.5 Å². The van der Waals surface area contributed by atoms with Crippen molar-refractivity contribution in [3.63, 3.8) is 0 Å². The van der Waals surface area contributed by atoms with Gasteiger partial charge in [-0.05, 0) is 41.3 Å². The second-order valence-electron chi connectivity index (χ2n) is 6.25. The van der Waals surface area contributed by atoms with Gasteiger partial charge in [-0.2, -0.15) is 0 Å². The molecule has 3 rings (SSSR count). The van der Waals surface area contributed by atoms with E-state index < -0.39 is 18.0 Å². The van der Waals surface area contributed by atoms with Crippen LogP contribution in [0.3, 0.4) is 0 Å². The lowest BCUT2D eigenvalue weighted by Gasteiger charge is -2.14. The predicted octanol–water partition coefficient (Wildman–Crippen LogP) is 3.34. The minimum atomic E-state index is -1.21. The highest BCUT2D eigenvalue weighted by atomic mass is 32.1. The van der Waals surface area contributed by atoms with Crippen molar-refractivity contribution >= 4 is 40.5 Å². The zero-order chi connectivity index (χ0) is 21.0. The largest absolute Gasteiger partial charge is 0.447 e. The van der Waals surface area contributed by atoms with Crippen LogP contribution in [0.15, 0.2) is 60.0 Å². The molecule has 2 aromatic carbocycles. The Hall–Kier alpha value is -3.65. The third-order valence-corrected chi connectivity index (χ3v) is 5.04. The smallest absolute Gasteiger partial charge is 0.303 e. The summed E-state index contributed by atoms with van der Waals surface area (Å²) in [6, 6.07) is 15.4. The molecule has 1 unspecified atom stereocenters. The molecule has 2 amide bonds. The molecule has 0 aliphatic heterocycles. The van der Waals surface area contributed by atoms with E-state index in [1.54, 1.807) is 17.4 Å². The number of hydrogen-bond donors (Lipinski definition) is 3. The number of ether oxygens (including phenoxy) is 1. The van der Waals surface area contributed by atoms with E-state index in [1.807, 2.05) is 29.6 Å². The molecule has 1 atom stereocenters. The van der Waals surface area contributed by atoms with E-state index in [2.05, 4.69) is 5.32 Å². The zero-order valence-corrected chi connectivity index (χ0v) is 16.4. The molecule has 8 heteroatoms. The fourth-order valence-electron chi connectivity index (χ4n) is 2.72. The molecule has 0 aliphatic carbocycles. The number of nitrogen functional groups attached to an aromatic ring is 1. The number of nitrogens with one attached hydrogen (secondary N) is 1. The lowest BCUT2D eigenvalue weighted by molar-refractivity contribution is -0.153. The lowest BCUT2D eigenvalue weighted by atomic mass is 10.1. The fraction of sp³-hybridized carbons (Fsp3) is 0.0952. The van der Waals surface area contributed by atoms with E-state index in [4.69, 9.17) is 16.2 Å². The molecule has 29 heavy (non-hydrogen) atoms. The average Bonchev–Trinajstić information content (AvgIpc) is 3.22. The van der Waals surface area contributed by atoms with E-state index in [0.29, 0.717) is 22.5 Å². The highest BCUT2D eigenvalue weighted by Crippen LogP contribution is 2.30. The van der Waals surface area contributed by atoms with Crippen LogP contribution in [0.25, 0.3) is 10.4 Å². The summed E-state index contributed by atoms with van der Waals surface area (Å²) in [5.41, 5.74) is 13.9. The average molecular weight is 409 g/mol. The van der Waals surface area contributed by atoms with E-state index in [9.17, 15) is 14.4 Å². The molecule has 1 aromatic heterocycles. The van der Waals surface area contributed by atoms with Gasteiger partial charge in [0.2, 0.25) is 6.10 Å². The molecular weight excluding hydrogens is 390 g/mol. The molecule has 0 fully saturated rings. The molecule has 0 bridgehead atoms. The monoisotopic (exact) mass is 409 g/mol. The van der Waals surface area contributed by atoms with Crippen LogP contribution in [0.4, 0.5) is 11.4 Å². The molecule has 0 spiro atoms. The predicted molar refractivity (Wildman–Crippen MR) is 112 cm³/mol. The number of hydrogen-bond acceptors (Lipinski definition) is 6. The van der Waals surface area contributed by atoms with E-state index in [1.165, 1.54) is 31.2 Å². The molecule has 0 radical (unpaired) electrons. The van der Waals surface area contributed by atoms with Crippen LogP contribution in [0.2, 0.25) is 0 Å². The standard InChI is InChI=1S/C21H19N3O4S/c1-12(25)28-19(20(23)26)13-4-6-14(7-5-13)21(27)24-17-11-15(8-9-16(17)22)18-3-2-10-29-18/h2-11,19H,22H2,1H3,(H2,23,26)(H,24,27). The first kappa shape index (κ1) is 20.1. The third-order valence-electron chi connectivity index (χ3n) is 4.13. The third kappa shape index (κ3) is 4.80.